The molecule has 0 aliphatic heterocycles. The van der Waals surface area contributed by atoms with Gasteiger partial charge >= 0.3 is 5.97 Å². The van der Waals surface area contributed by atoms with Crippen molar-refractivity contribution in [1.82, 2.24) is 10.9 Å². The molecule has 2 N–H and O–H groups in total. The number of hydrazine groups is 1. The topological polar surface area (TPSA) is 93.7 Å². The number of rotatable bonds is 7. The zero-order valence-electron chi connectivity index (χ0n) is 16.9. The first kappa shape index (κ1) is 21.6. The number of nitrogens with one attached hydrogen (secondary N) is 2. The average Bonchev–Trinajstić information content (AvgIpc) is 2.82. The van der Waals surface area contributed by atoms with Gasteiger partial charge in [0.2, 0.25) is 0 Å². The second-order valence-electron chi connectivity index (χ2n) is 6.66. The van der Waals surface area contributed by atoms with Gasteiger partial charge in [-0.25, -0.2) is 4.79 Å². The lowest BCUT2D eigenvalue weighted by Gasteiger charge is -2.14. The molecule has 2 amide bonds. The number of amides is 2. The summed E-state index contributed by atoms with van der Waals surface area (Å²) in [4.78, 5) is 36.3. The van der Waals surface area contributed by atoms with Gasteiger partial charge in [0.1, 0.15) is 12.4 Å². The van der Waals surface area contributed by atoms with Gasteiger partial charge in [-0.1, -0.05) is 48.5 Å². The SMILES string of the molecule is C[C@H](OC(=O)c1ccc(OCc2ccccc2)cc1)C(=O)NNC(=O)c1ccccc1. The van der Waals surface area contributed by atoms with Crippen LogP contribution < -0.4 is 15.6 Å². The predicted molar refractivity (Wildman–Crippen MR) is 114 cm³/mol. The van der Waals surface area contributed by atoms with Gasteiger partial charge in [0.05, 0.1) is 5.56 Å². The number of esters is 1. The Morgan fingerprint density at radius 3 is 2.03 bits per heavy atom. The largest absolute Gasteiger partial charge is 0.489 e. The molecule has 0 aliphatic rings. The maximum absolute atomic E-state index is 12.3. The summed E-state index contributed by atoms with van der Waals surface area (Å²) >= 11 is 0. The first-order valence-corrected chi connectivity index (χ1v) is 9.66. The van der Waals surface area contributed by atoms with E-state index in [1.165, 1.54) is 6.92 Å². The zero-order chi connectivity index (χ0) is 22.1. The minimum Gasteiger partial charge on any atom is -0.489 e. The molecule has 0 spiro atoms. The van der Waals surface area contributed by atoms with Gasteiger partial charge in [-0.05, 0) is 48.9 Å². The third-order valence-electron chi connectivity index (χ3n) is 4.33. The van der Waals surface area contributed by atoms with Crippen LogP contribution in [0.2, 0.25) is 0 Å². The highest BCUT2D eigenvalue weighted by atomic mass is 16.5. The van der Waals surface area contributed by atoms with E-state index in [4.69, 9.17) is 9.47 Å². The van der Waals surface area contributed by atoms with E-state index in [1.54, 1.807) is 54.6 Å². The number of hydrogen-bond acceptors (Lipinski definition) is 5. The molecule has 0 bridgehead atoms. The van der Waals surface area contributed by atoms with E-state index in [0.29, 0.717) is 17.9 Å². The molecule has 1 atom stereocenters. The number of carbonyl (C=O) groups excluding carboxylic acids is 3. The Labute approximate surface area is 180 Å². The summed E-state index contributed by atoms with van der Waals surface area (Å²) in [5.41, 5.74) is 6.23. The first-order valence-electron chi connectivity index (χ1n) is 9.66. The lowest BCUT2D eigenvalue weighted by molar-refractivity contribution is -0.129. The van der Waals surface area contributed by atoms with Gasteiger partial charge in [-0.15, -0.1) is 0 Å². The fraction of sp³-hybridized carbons (Fsp3) is 0.125. The normalized spacial score (nSPS) is 11.1. The van der Waals surface area contributed by atoms with E-state index < -0.39 is 23.9 Å². The quantitative estimate of drug-likeness (QED) is 0.454. The first-order chi connectivity index (χ1) is 15.0. The Hall–Kier alpha value is -4.13. The van der Waals surface area contributed by atoms with Crippen molar-refractivity contribution >= 4 is 17.8 Å². The Bertz CT molecular complexity index is 1020. The molecule has 7 heteroatoms. The minimum atomic E-state index is -1.10. The summed E-state index contributed by atoms with van der Waals surface area (Å²) in [6, 6.07) is 24.6. The van der Waals surface area contributed by atoms with Crippen molar-refractivity contribution < 1.29 is 23.9 Å². The molecule has 0 unspecified atom stereocenters. The predicted octanol–water partition coefficient (Wildman–Crippen LogP) is 3.27. The molecule has 0 fully saturated rings. The van der Waals surface area contributed by atoms with Crippen LogP contribution in [0.1, 0.15) is 33.2 Å². The maximum atomic E-state index is 12.3. The second-order valence-corrected chi connectivity index (χ2v) is 6.66. The Morgan fingerprint density at radius 2 is 1.39 bits per heavy atom. The fourth-order valence-corrected chi connectivity index (χ4v) is 2.59. The summed E-state index contributed by atoms with van der Waals surface area (Å²) < 4.78 is 10.8. The van der Waals surface area contributed by atoms with Crippen LogP contribution in [0, 0.1) is 0 Å². The van der Waals surface area contributed by atoms with E-state index in [9.17, 15) is 14.4 Å². The van der Waals surface area contributed by atoms with E-state index in [0.717, 1.165) is 5.56 Å². The summed E-state index contributed by atoms with van der Waals surface area (Å²) in [5, 5.41) is 0. The van der Waals surface area contributed by atoms with Crippen LogP contribution in [0.25, 0.3) is 0 Å². The van der Waals surface area contributed by atoms with Crippen molar-refractivity contribution in [3.63, 3.8) is 0 Å². The number of hydrogen-bond donors (Lipinski definition) is 2. The van der Waals surface area contributed by atoms with Crippen LogP contribution in [-0.4, -0.2) is 23.9 Å². The van der Waals surface area contributed by atoms with Crippen LogP contribution in [0.3, 0.4) is 0 Å². The molecule has 7 nitrogen and oxygen atoms in total. The fourth-order valence-electron chi connectivity index (χ4n) is 2.59. The highest BCUT2D eigenvalue weighted by Crippen LogP contribution is 2.15. The highest BCUT2D eigenvalue weighted by Gasteiger charge is 2.19. The summed E-state index contributed by atoms with van der Waals surface area (Å²) in [5.74, 6) is -1.18. The van der Waals surface area contributed by atoms with Crippen LogP contribution in [0.15, 0.2) is 84.9 Å². The monoisotopic (exact) mass is 418 g/mol. The van der Waals surface area contributed by atoms with Crippen molar-refractivity contribution in [3.8, 4) is 5.75 Å². The molecule has 0 radical (unpaired) electrons. The molecular weight excluding hydrogens is 396 g/mol. The van der Waals surface area contributed by atoms with Crippen molar-refractivity contribution in [2.75, 3.05) is 0 Å². The summed E-state index contributed by atoms with van der Waals surface area (Å²) in [7, 11) is 0. The molecule has 3 rings (SSSR count). The molecule has 3 aromatic rings. The van der Waals surface area contributed by atoms with Gasteiger partial charge in [-0.3, -0.25) is 20.4 Å². The van der Waals surface area contributed by atoms with E-state index in [1.807, 2.05) is 30.3 Å². The Balaban J connectivity index is 1.46. The number of carbonyl (C=O) groups is 3. The van der Waals surface area contributed by atoms with Crippen molar-refractivity contribution in [1.29, 1.82) is 0 Å². The van der Waals surface area contributed by atoms with Crippen molar-refractivity contribution in [2.45, 2.75) is 19.6 Å². The highest BCUT2D eigenvalue weighted by molar-refractivity contribution is 5.96. The van der Waals surface area contributed by atoms with Crippen LogP contribution in [-0.2, 0) is 16.1 Å². The molecule has 0 heterocycles. The van der Waals surface area contributed by atoms with Gasteiger partial charge < -0.3 is 9.47 Å². The van der Waals surface area contributed by atoms with Crippen LogP contribution >= 0.6 is 0 Å². The lowest BCUT2D eigenvalue weighted by atomic mass is 10.2. The van der Waals surface area contributed by atoms with Gasteiger partial charge in [0.25, 0.3) is 11.8 Å². The second kappa shape index (κ2) is 10.6. The molecule has 31 heavy (non-hydrogen) atoms. The molecule has 0 aromatic heterocycles. The Morgan fingerprint density at radius 1 is 0.774 bits per heavy atom. The lowest BCUT2D eigenvalue weighted by Crippen LogP contribution is -2.46. The molecule has 158 valence electrons. The molecule has 0 aliphatic carbocycles. The minimum absolute atomic E-state index is 0.278. The van der Waals surface area contributed by atoms with E-state index >= 15 is 0 Å². The zero-order valence-corrected chi connectivity index (χ0v) is 16.9. The third-order valence-corrected chi connectivity index (χ3v) is 4.33. The molecule has 3 aromatic carbocycles. The molecule has 0 saturated carbocycles. The van der Waals surface area contributed by atoms with Gasteiger partial charge in [0, 0.05) is 5.56 Å². The number of benzene rings is 3. The molecular formula is C24H22N2O5. The van der Waals surface area contributed by atoms with Gasteiger partial charge in [-0.2, -0.15) is 0 Å². The van der Waals surface area contributed by atoms with Crippen LogP contribution in [0.4, 0.5) is 0 Å². The smallest absolute Gasteiger partial charge is 0.338 e. The number of ether oxygens (including phenoxy) is 2. The average molecular weight is 418 g/mol. The third kappa shape index (κ3) is 6.43. The maximum Gasteiger partial charge on any atom is 0.338 e. The van der Waals surface area contributed by atoms with Crippen LogP contribution in [0.5, 0.6) is 5.75 Å². The van der Waals surface area contributed by atoms with Gasteiger partial charge in [0.15, 0.2) is 6.10 Å². The van der Waals surface area contributed by atoms with E-state index in [2.05, 4.69) is 10.9 Å². The Kier molecular flexibility index (Phi) is 7.37. The van der Waals surface area contributed by atoms with E-state index in [-0.39, 0.29) is 5.56 Å². The van der Waals surface area contributed by atoms with Crippen molar-refractivity contribution in [2.24, 2.45) is 0 Å². The standard InChI is InChI=1S/C24H22N2O5/c1-17(22(27)25-26-23(28)19-10-6-3-7-11-19)31-24(29)20-12-14-21(15-13-20)30-16-18-8-4-2-5-9-18/h2-15,17H,16H2,1H3,(H,25,27)(H,26,28)/t17-/m0/s1. The van der Waals surface area contributed by atoms with Crippen molar-refractivity contribution in [3.05, 3.63) is 102 Å². The summed E-state index contributed by atoms with van der Waals surface area (Å²) in [6.07, 6.45) is -1.10. The molecule has 0 saturated heterocycles. The summed E-state index contributed by atoms with van der Waals surface area (Å²) in [6.45, 7) is 1.83.